The van der Waals surface area contributed by atoms with Crippen molar-refractivity contribution in [2.24, 2.45) is 0 Å². The van der Waals surface area contributed by atoms with Gasteiger partial charge in [0.2, 0.25) is 0 Å². The molecular formula is C18H30N2. The van der Waals surface area contributed by atoms with E-state index in [4.69, 9.17) is 0 Å². The first-order valence-electron chi connectivity index (χ1n) is 8.13. The molecule has 0 spiro atoms. The summed E-state index contributed by atoms with van der Waals surface area (Å²) in [7, 11) is 0. The van der Waals surface area contributed by atoms with Gasteiger partial charge >= 0.3 is 0 Å². The van der Waals surface area contributed by atoms with Crippen LogP contribution < -0.4 is 5.32 Å². The van der Waals surface area contributed by atoms with Crippen molar-refractivity contribution in [2.75, 3.05) is 19.6 Å². The van der Waals surface area contributed by atoms with Crippen LogP contribution >= 0.6 is 0 Å². The monoisotopic (exact) mass is 274 g/mol. The third kappa shape index (κ3) is 3.83. The number of benzene rings is 1. The van der Waals surface area contributed by atoms with E-state index in [1.54, 1.807) is 0 Å². The van der Waals surface area contributed by atoms with Gasteiger partial charge in [-0.3, -0.25) is 4.90 Å². The molecule has 1 saturated heterocycles. The Labute approximate surface area is 124 Å². The molecule has 1 fully saturated rings. The summed E-state index contributed by atoms with van der Waals surface area (Å²) >= 11 is 0. The zero-order chi connectivity index (χ0) is 14.5. The quantitative estimate of drug-likeness (QED) is 0.883. The minimum atomic E-state index is 0.712. The average molecular weight is 274 g/mol. The van der Waals surface area contributed by atoms with E-state index in [9.17, 15) is 0 Å². The van der Waals surface area contributed by atoms with Crippen molar-refractivity contribution in [3.05, 3.63) is 34.4 Å². The van der Waals surface area contributed by atoms with Crippen molar-refractivity contribution >= 4 is 0 Å². The molecule has 1 N–H and O–H groups in total. The second-order valence-corrected chi connectivity index (χ2v) is 6.35. The van der Waals surface area contributed by atoms with Crippen LogP contribution in [0.2, 0.25) is 0 Å². The molecular weight excluding hydrogens is 244 g/mol. The standard InChI is InChI=1S/C18H30N2/c1-5-9-20(17-7-6-8-19-12-17)13-18-15(3)10-14(2)11-16(18)4/h10-11,17,19H,5-9,12-13H2,1-4H3. The Kier molecular flexibility index (Phi) is 5.62. The SMILES string of the molecule is CCCN(Cc1c(C)cc(C)cc1C)C1CCCNC1. The molecule has 20 heavy (non-hydrogen) atoms. The predicted molar refractivity (Wildman–Crippen MR) is 87.2 cm³/mol. The lowest BCUT2D eigenvalue weighted by Crippen LogP contribution is -2.46. The Morgan fingerprint density at radius 3 is 2.45 bits per heavy atom. The van der Waals surface area contributed by atoms with Crippen LogP contribution in [0.15, 0.2) is 12.1 Å². The molecule has 1 unspecified atom stereocenters. The first kappa shape index (κ1) is 15.5. The minimum absolute atomic E-state index is 0.712. The van der Waals surface area contributed by atoms with E-state index in [-0.39, 0.29) is 0 Å². The molecule has 1 aromatic rings. The summed E-state index contributed by atoms with van der Waals surface area (Å²) in [6.45, 7) is 13.7. The van der Waals surface area contributed by atoms with Crippen molar-refractivity contribution in [3.8, 4) is 0 Å². The van der Waals surface area contributed by atoms with E-state index < -0.39 is 0 Å². The van der Waals surface area contributed by atoms with Gasteiger partial charge < -0.3 is 5.32 Å². The largest absolute Gasteiger partial charge is 0.315 e. The maximum Gasteiger partial charge on any atom is 0.0242 e. The number of aryl methyl sites for hydroxylation is 3. The molecule has 112 valence electrons. The van der Waals surface area contributed by atoms with E-state index in [0.717, 1.165) is 13.1 Å². The van der Waals surface area contributed by atoms with Crippen LogP contribution in [-0.2, 0) is 6.54 Å². The van der Waals surface area contributed by atoms with Crippen molar-refractivity contribution in [1.29, 1.82) is 0 Å². The predicted octanol–water partition coefficient (Wildman–Crippen LogP) is 3.58. The molecule has 0 amide bonds. The maximum atomic E-state index is 3.56. The van der Waals surface area contributed by atoms with Crippen LogP contribution in [0.3, 0.4) is 0 Å². The highest BCUT2D eigenvalue weighted by molar-refractivity contribution is 5.37. The summed E-state index contributed by atoms with van der Waals surface area (Å²) in [5.41, 5.74) is 5.82. The van der Waals surface area contributed by atoms with E-state index in [2.05, 4.69) is 50.0 Å². The highest BCUT2D eigenvalue weighted by Crippen LogP contribution is 2.21. The van der Waals surface area contributed by atoms with Gasteiger partial charge in [0.05, 0.1) is 0 Å². The normalized spacial score (nSPS) is 19.6. The van der Waals surface area contributed by atoms with Gasteiger partial charge in [0.25, 0.3) is 0 Å². The highest BCUT2D eigenvalue weighted by atomic mass is 15.2. The molecule has 1 aliphatic heterocycles. The van der Waals surface area contributed by atoms with Crippen molar-refractivity contribution < 1.29 is 0 Å². The molecule has 1 aliphatic rings. The van der Waals surface area contributed by atoms with Gasteiger partial charge in [0.15, 0.2) is 0 Å². The first-order valence-corrected chi connectivity index (χ1v) is 8.13. The number of rotatable bonds is 5. The van der Waals surface area contributed by atoms with Gasteiger partial charge in [0, 0.05) is 19.1 Å². The average Bonchev–Trinajstić information content (AvgIpc) is 2.42. The molecule has 2 rings (SSSR count). The molecule has 0 bridgehead atoms. The van der Waals surface area contributed by atoms with Gasteiger partial charge in [-0.2, -0.15) is 0 Å². The first-order chi connectivity index (χ1) is 9.61. The number of piperidine rings is 1. The number of nitrogens with one attached hydrogen (secondary N) is 1. The molecule has 0 aromatic heterocycles. The fraction of sp³-hybridized carbons (Fsp3) is 0.667. The fourth-order valence-electron chi connectivity index (χ4n) is 3.49. The summed E-state index contributed by atoms with van der Waals surface area (Å²) in [6.07, 6.45) is 3.90. The van der Waals surface area contributed by atoms with E-state index in [1.165, 1.54) is 54.6 Å². The summed E-state index contributed by atoms with van der Waals surface area (Å²) in [5.74, 6) is 0. The Morgan fingerprint density at radius 2 is 1.90 bits per heavy atom. The van der Waals surface area contributed by atoms with Gasteiger partial charge in [-0.25, -0.2) is 0 Å². The van der Waals surface area contributed by atoms with Crippen molar-refractivity contribution in [2.45, 2.75) is 59.5 Å². The lowest BCUT2D eigenvalue weighted by atomic mass is 9.97. The van der Waals surface area contributed by atoms with Gasteiger partial charge in [-0.15, -0.1) is 0 Å². The third-order valence-corrected chi connectivity index (χ3v) is 4.50. The third-order valence-electron chi connectivity index (χ3n) is 4.50. The lowest BCUT2D eigenvalue weighted by molar-refractivity contribution is 0.157. The highest BCUT2D eigenvalue weighted by Gasteiger charge is 2.21. The molecule has 0 aliphatic carbocycles. The van der Waals surface area contributed by atoms with Gasteiger partial charge in [-0.05, 0) is 69.8 Å². The Balaban J connectivity index is 2.15. The minimum Gasteiger partial charge on any atom is -0.315 e. The second kappa shape index (κ2) is 7.24. The van der Waals surface area contributed by atoms with Crippen LogP contribution in [0.5, 0.6) is 0 Å². The topological polar surface area (TPSA) is 15.3 Å². The smallest absolute Gasteiger partial charge is 0.0242 e. The van der Waals surface area contributed by atoms with Gasteiger partial charge in [-0.1, -0.05) is 24.6 Å². The van der Waals surface area contributed by atoms with E-state index >= 15 is 0 Å². The van der Waals surface area contributed by atoms with E-state index in [1.807, 2.05) is 0 Å². The fourth-order valence-corrected chi connectivity index (χ4v) is 3.49. The van der Waals surface area contributed by atoms with E-state index in [0.29, 0.717) is 6.04 Å². The zero-order valence-corrected chi connectivity index (χ0v) is 13.6. The molecule has 2 heteroatoms. The molecule has 1 heterocycles. The summed E-state index contributed by atoms with van der Waals surface area (Å²) < 4.78 is 0. The van der Waals surface area contributed by atoms with Crippen LogP contribution in [0, 0.1) is 20.8 Å². The zero-order valence-electron chi connectivity index (χ0n) is 13.6. The number of nitrogens with zero attached hydrogens (tertiary/aromatic N) is 1. The van der Waals surface area contributed by atoms with Crippen LogP contribution in [0.4, 0.5) is 0 Å². The second-order valence-electron chi connectivity index (χ2n) is 6.35. The lowest BCUT2D eigenvalue weighted by Gasteiger charge is -2.35. The number of hydrogen-bond donors (Lipinski definition) is 1. The van der Waals surface area contributed by atoms with Crippen molar-refractivity contribution in [3.63, 3.8) is 0 Å². The molecule has 0 radical (unpaired) electrons. The van der Waals surface area contributed by atoms with Crippen molar-refractivity contribution in [1.82, 2.24) is 10.2 Å². The summed E-state index contributed by atoms with van der Waals surface area (Å²) in [4.78, 5) is 2.69. The maximum absolute atomic E-state index is 3.56. The van der Waals surface area contributed by atoms with Crippen LogP contribution in [-0.4, -0.2) is 30.6 Å². The Hall–Kier alpha value is -0.860. The summed E-state index contributed by atoms with van der Waals surface area (Å²) in [6, 6.07) is 5.36. The summed E-state index contributed by atoms with van der Waals surface area (Å²) in [5, 5.41) is 3.56. The Bertz CT molecular complexity index is 410. The van der Waals surface area contributed by atoms with Crippen LogP contribution in [0.25, 0.3) is 0 Å². The molecule has 0 saturated carbocycles. The number of hydrogen-bond acceptors (Lipinski definition) is 2. The molecule has 2 nitrogen and oxygen atoms in total. The van der Waals surface area contributed by atoms with Crippen LogP contribution in [0.1, 0.15) is 48.4 Å². The van der Waals surface area contributed by atoms with Gasteiger partial charge in [0.1, 0.15) is 0 Å². The molecule has 1 atom stereocenters. The molecule has 1 aromatic carbocycles. The Morgan fingerprint density at radius 1 is 1.20 bits per heavy atom.